The number of ether oxygens (including phenoxy) is 2. The fourth-order valence-corrected chi connectivity index (χ4v) is 5.97. The molecule has 4 aromatic rings. The summed E-state index contributed by atoms with van der Waals surface area (Å²) in [7, 11) is 0. The average Bonchev–Trinajstić information content (AvgIpc) is 3.23. The van der Waals surface area contributed by atoms with Gasteiger partial charge in [0.1, 0.15) is 17.7 Å². The molecular weight excluding hydrogens is 672 g/mol. The van der Waals surface area contributed by atoms with Gasteiger partial charge in [0, 0.05) is 23.7 Å². The van der Waals surface area contributed by atoms with Crippen molar-refractivity contribution in [1.82, 2.24) is 10.2 Å². The van der Waals surface area contributed by atoms with E-state index in [1.54, 1.807) is 113 Å². The van der Waals surface area contributed by atoms with Gasteiger partial charge in [0.05, 0.1) is 30.3 Å². The molecule has 11 nitrogen and oxygen atoms in total. The number of carbonyl (C=O) groups is 5. The van der Waals surface area contributed by atoms with E-state index in [4.69, 9.17) is 15.2 Å². The van der Waals surface area contributed by atoms with Crippen molar-refractivity contribution in [3.8, 4) is 11.8 Å². The summed E-state index contributed by atoms with van der Waals surface area (Å²) in [5.74, 6) is 2.44. The molecule has 3 unspecified atom stereocenters. The van der Waals surface area contributed by atoms with Crippen LogP contribution < -0.4 is 16.0 Å². The average molecular weight is 715 g/mol. The van der Waals surface area contributed by atoms with Gasteiger partial charge < -0.3 is 25.4 Å². The van der Waals surface area contributed by atoms with Crippen molar-refractivity contribution >= 4 is 41.0 Å². The summed E-state index contributed by atoms with van der Waals surface area (Å²) in [6, 6.07) is 28.6. The largest absolute Gasteiger partial charge is 0.466 e. The maximum absolute atomic E-state index is 15.1. The molecule has 11 heteroatoms. The van der Waals surface area contributed by atoms with E-state index < -0.39 is 53.4 Å². The van der Waals surface area contributed by atoms with Gasteiger partial charge in [0.2, 0.25) is 0 Å². The summed E-state index contributed by atoms with van der Waals surface area (Å²) >= 11 is 0. The molecule has 1 aliphatic rings. The zero-order chi connectivity index (χ0) is 38.1. The summed E-state index contributed by atoms with van der Waals surface area (Å²) in [5.41, 5.74) is 7.60. The Labute approximate surface area is 309 Å². The van der Waals surface area contributed by atoms with Crippen LogP contribution >= 0.6 is 0 Å². The highest BCUT2D eigenvalue weighted by atomic mass is 16.6. The number of para-hydroxylation sites is 1. The summed E-state index contributed by atoms with van der Waals surface area (Å²) in [5, 5.41) is 2.52. The van der Waals surface area contributed by atoms with E-state index in [-0.39, 0.29) is 25.1 Å². The molecule has 53 heavy (non-hydrogen) atoms. The number of fused-ring (bicyclic) bond motifs is 1. The van der Waals surface area contributed by atoms with Crippen LogP contribution in [0, 0.1) is 11.8 Å². The molecule has 0 bridgehead atoms. The third-order valence-electron chi connectivity index (χ3n) is 8.26. The third kappa shape index (κ3) is 9.36. The Kier molecular flexibility index (Phi) is 12.1. The van der Waals surface area contributed by atoms with Crippen LogP contribution in [0.15, 0.2) is 109 Å². The second-order valence-electron chi connectivity index (χ2n) is 13.3. The number of benzene rings is 4. The topological polar surface area (TPSA) is 148 Å². The summed E-state index contributed by atoms with van der Waals surface area (Å²) < 4.78 is 10.6. The minimum atomic E-state index is -1.16. The van der Waals surface area contributed by atoms with Gasteiger partial charge in [-0.05, 0) is 69.2 Å². The maximum Gasteiger partial charge on any atom is 0.325 e. The molecule has 0 spiro atoms. The molecule has 1 aliphatic heterocycles. The maximum atomic E-state index is 15.1. The first-order valence-corrected chi connectivity index (χ1v) is 17.3. The van der Waals surface area contributed by atoms with Crippen LogP contribution in [0.5, 0.6) is 0 Å². The number of nitrogens with one attached hydrogen (secondary N) is 1. The molecule has 3 atom stereocenters. The molecule has 0 saturated heterocycles. The fourth-order valence-electron chi connectivity index (χ4n) is 5.97. The predicted molar refractivity (Wildman–Crippen MR) is 200 cm³/mol. The second kappa shape index (κ2) is 16.8. The zero-order valence-electron chi connectivity index (χ0n) is 30.1. The van der Waals surface area contributed by atoms with Gasteiger partial charge in [-0.3, -0.25) is 28.9 Å². The first-order valence-electron chi connectivity index (χ1n) is 17.3. The van der Waals surface area contributed by atoms with E-state index in [9.17, 15) is 14.4 Å². The number of amides is 3. The Morgan fingerprint density at radius 3 is 2.13 bits per heavy atom. The Bertz CT molecular complexity index is 2020. The monoisotopic (exact) mass is 714 g/mol. The van der Waals surface area contributed by atoms with Crippen molar-refractivity contribution in [3.63, 3.8) is 0 Å². The summed E-state index contributed by atoms with van der Waals surface area (Å²) in [6.07, 6.45) is -0.216. The van der Waals surface area contributed by atoms with E-state index in [2.05, 4.69) is 17.2 Å². The molecule has 272 valence electrons. The van der Waals surface area contributed by atoms with Gasteiger partial charge in [-0.25, -0.2) is 0 Å². The zero-order valence-corrected chi connectivity index (χ0v) is 30.1. The number of hydrogen-bond donors (Lipinski definition) is 2. The van der Waals surface area contributed by atoms with Crippen molar-refractivity contribution < 1.29 is 33.4 Å². The van der Waals surface area contributed by atoms with E-state index in [0.717, 1.165) is 0 Å². The van der Waals surface area contributed by atoms with Gasteiger partial charge in [-0.15, -0.1) is 0 Å². The lowest BCUT2D eigenvalue weighted by molar-refractivity contribution is -0.156. The molecule has 3 amide bonds. The van der Waals surface area contributed by atoms with Gasteiger partial charge in [0.25, 0.3) is 17.7 Å². The minimum absolute atomic E-state index is 0.129. The predicted octanol–water partition coefficient (Wildman–Crippen LogP) is 5.38. The van der Waals surface area contributed by atoms with Crippen molar-refractivity contribution in [2.45, 2.75) is 57.8 Å². The number of nitrogens with zero attached hydrogens (tertiary/aromatic N) is 2. The highest BCUT2D eigenvalue weighted by Gasteiger charge is 2.45. The van der Waals surface area contributed by atoms with Crippen LogP contribution in [-0.4, -0.2) is 59.4 Å². The Morgan fingerprint density at radius 1 is 0.887 bits per heavy atom. The molecule has 0 aliphatic carbocycles. The molecule has 4 aromatic carbocycles. The van der Waals surface area contributed by atoms with Gasteiger partial charge in [-0.1, -0.05) is 84.8 Å². The summed E-state index contributed by atoms with van der Waals surface area (Å²) in [4.78, 5) is 71.3. The van der Waals surface area contributed by atoms with Crippen molar-refractivity contribution in [2.75, 3.05) is 18.1 Å². The molecule has 0 saturated carbocycles. The van der Waals surface area contributed by atoms with Crippen LogP contribution in [0.4, 0.5) is 11.4 Å². The highest BCUT2D eigenvalue weighted by Crippen LogP contribution is 2.43. The van der Waals surface area contributed by atoms with Crippen molar-refractivity contribution in [2.24, 2.45) is 5.73 Å². The number of rotatable bonds is 10. The normalized spacial score (nSPS) is 15.2. The molecule has 0 radical (unpaired) electrons. The lowest BCUT2D eigenvalue weighted by atomic mass is 9.95. The van der Waals surface area contributed by atoms with Crippen LogP contribution in [0.3, 0.4) is 0 Å². The van der Waals surface area contributed by atoms with Crippen LogP contribution in [-0.2, 0) is 28.7 Å². The molecule has 1 heterocycles. The first kappa shape index (κ1) is 38.0. The molecular formula is C42H42N4O7. The second-order valence-corrected chi connectivity index (χ2v) is 13.3. The van der Waals surface area contributed by atoms with E-state index in [0.29, 0.717) is 28.1 Å². The number of carbonyl (C=O) groups excluding carboxylic acids is 5. The van der Waals surface area contributed by atoms with Crippen LogP contribution in [0.2, 0.25) is 0 Å². The van der Waals surface area contributed by atoms with Gasteiger partial charge in [-0.2, -0.15) is 0 Å². The lowest BCUT2D eigenvalue weighted by Gasteiger charge is -2.37. The van der Waals surface area contributed by atoms with E-state index in [1.165, 1.54) is 15.9 Å². The SMILES string of the molecule is CCOC(=O)CC(c1ccccc1)N1C(=O)c2cc(C#CC(=O)NCC(N)C(=O)OC(C)(C)C)ccc2N(c2ccccc2)C(=O)C1c1ccccc1. The van der Waals surface area contributed by atoms with Gasteiger partial charge >= 0.3 is 11.9 Å². The first-order chi connectivity index (χ1) is 25.4. The summed E-state index contributed by atoms with van der Waals surface area (Å²) in [6.45, 7) is 6.79. The van der Waals surface area contributed by atoms with Crippen LogP contribution in [0.1, 0.15) is 73.2 Å². The quantitative estimate of drug-likeness (QED) is 0.164. The fraction of sp³-hybridized carbons (Fsp3) is 0.262. The molecule has 5 rings (SSSR count). The Morgan fingerprint density at radius 2 is 1.51 bits per heavy atom. The number of nitrogens with two attached hydrogens (primary N) is 1. The highest BCUT2D eigenvalue weighted by molar-refractivity contribution is 6.14. The lowest BCUT2D eigenvalue weighted by Crippen LogP contribution is -2.45. The van der Waals surface area contributed by atoms with Gasteiger partial charge in [0.15, 0.2) is 0 Å². The number of esters is 2. The smallest absolute Gasteiger partial charge is 0.325 e. The van der Waals surface area contributed by atoms with E-state index in [1.807, 2.05) is 18.2 Å². The number of hydrogen-bond acceptors (Lipinski definition) is 8. The molecule has 3 N–H and O–H groups in total. The van der Waals surface area contributed by atoms with E-state index >= 15 is 9.59 Å². The van der Waals surface area contributed by atoms with Crippen molar-refractivity contribution in [3.05, 3.63) is 131 Å². The Hall–Kier alpha value is -6.25. The standard InChI is InChI=1S/C42H42N4O7/c1-5-52-37(48)26-35(29-15-9-6-10-16-29)46-38(30-17-11-7-12-18-30)40(50)45(31-19-13-8-14-20-31)34-23-21-28(25-32(34)39(46)49)22-24-36(47)44-27-33(43)41(51)53-42(2,3)4/h6-21,23,25,33,35,38H,5,26-27,43H2,1-4H3,(H,44,47). The third-order valence-corrected chi connectivity index (χ3v) is 8.26. The number of anilines is 2. The van der Waals surface area contributed by atoms with Crippen LogP contribution in [0.25, 0.3) is 0 Å². The minimum Gasteiger partial charge on any atom is -0.466 e. The van der Waals surface area contributed by atoms with Crippen molar-refractivity contribution in [1.29, 1.82) is 0 Å². The Balaban J connectivity index is 1.61. The molecule has 0 fully saturated rings. The molecule has 0 aromatic heterocycles.